The lowest BCUT2D eigenvalue weighted by molar-refractivity contribution is -0.140. The second-order valence-electron chi connectivity index (χ2n) is 3.78. The molecular weight excluding hydrogens is 182 g/mol. The molecule has 1 rings (SSSR count). The fraction of sp³-hybridized carbons (Fsp3) is 0.900. The molecule has 0 unspecified atom stereocenters. The van der Waals surface area contributed by atoms with Gasteiger partial charge < -0.3 is 14.7 Å². The minimum atomic E-state index is -0.179. The van der Waals surface area contributed by atoms with Gasteiger partial charge in [-0.3, -0.25) is 4.79 Å². The van der Waals surface area contributed by atoms with Crippen molar-refractivity contribution >= 4 is 5.97 Å². The van der Waals surface area contributed by atoms with E-state index in [1.807, 2.05) is 0 Å². The Balaban J connectivity index is 2.08. The van der Waals surface area contributed by atoms with Crippen LogP contribution >= 0.6 is 0 Å². The zero-order chi connectivity index (χ0) is 10.4. The Morgan fingerprint density at radius 3 is 3.07 bits per heavy atom. The van der Waals surface area contributed by atoms with Crippen molar-refractivity contribution in [3.05, 3.63) is 0 Å². The molecule has 4 nitrogen and oxygen atoms in total. The van der Waals surface area contributed by atoms with Crippen LogP contribution in [-0.4, -0.2) is 48.8 Å². The number of aliphatic hydroxyl groups excluding tert-OH is 1. The van der Waals surface area contributed by atoms with Crippen LogP contribution in [0.15, 0.2) is 0 Å². The molecule has 0 aromatic carbocycles. The molecular formula is C10H19NO3. The van der Waals surface area contributed by atoms with Gasteiger partial charge in [0.2, 0.25) is 0 Å². The molecule has 1 atom stereocenters. The number of likely N-dealkylation sites (tertiary alicyclic amines) is 1. The van der Waals surface area contributed by atoms with E-state index in [2.05, 4.69) is 9.64 Å². The summed E-state index contributed by atoms with van der Waals surface area (Å²) >= 11 is 0. The number of aliphatic hydroxyl groups is 1. The molecule has 0 saturated carbocycles. The monoisotopic (exact) mass is 201 g/mol. The number of hydrogen-bond acceptors (Lipinski definition) is 4. The van der Waals surface area contributed by atoms with Crippen LogP contribution in [0.5, 0.6) is 0 Å². The minimum Gasteiger partial charge on any atom is -0.469 e. The molecule has 0 amide bonds. The van der Waals surface area contributed by atoms with Gasteiger partial charge in [-0.25, -0.2) is 0 Å². The van der Waals surface area contributed by atoms with Crippen molar-refractivity contribution in [2.45, 2.75) is 31.8 Å². The van der Waals surface area contributed by atoms with E-state index in [4.69, 9.17) is 0 Å². The number of ether oxygens (including phenoxy) is 1. The second-order valence-corrected chi connectivity index (χ2v) is 3.78. The van der Waals surface area contributed by atoms with Crippen LogP contribution in [0.1, 0.15) is 25.7 Å². The number of piperidine rings is 1. The highest BCUT2D eigenvalue weighted by Gasteiger charge is 2.17. The van der Waals surface area contributed by atoms with Crippen molar-refractivity contribution in [2.75, 3.05) is 26.7 Å². The molecule has 4 heteroatoms. The van der Waals surface area contributed by atoms with Gasteiger partial charge in [-0.2, -0.15) is 0 Å². The Morgan fingerprint density at radius 1 is 1.64 bits per heavy atom. The molecule has 1 saturated heterocycles. The van der Waals surface area contributed by atoms with E-state index >= 15 is 0 Å². The number of methoxy groups -OCH3 is 1. The third-order valence-corrected chi connectivity index (χ3v) is 2.56. The quantitative estimate of drug-likeness (QED) is 0.669. The van der Waals surface area contributed by atoms with E-state index in [-0.39, 0.29) is 12.1 Å². The van der Waals surface area contributed by atoms with Crippen LogP contribution in [0.3, 0.4) is 0 Å². The molecule has 14 heavy (non-hydrogen) atoms. The maximum atomic E-state index is 10.8. The van der Waals surface area contributed by atoms with Crippen LogP contribution < -0.4 is 0 Å². The summed E-state index contributed by atoms with van der Waals surface area (Å²) in [5.41, 5.74) is 0. The fourth-order valence-corrected chi connectivity index (χ4v) is 1.78. The van der Waals surface area contributed by atoms with E-state index in [1.54, 1.807) is 0 Å². The van der Waals surface area contributed by atoms with Gasteiger partial charge in [0.15, 0.2) is 0 Å². The van der Waals surface area contributed by atoms with Crippen molar-refractivity contribution in [2.24, 2.45) is 0 Å². The largest absolute Gasteiger partial charge is 0.469 e. The highest BCUT2D eigenvalue weighted by Crippen LogP contribution is 2.10. The highest BCUT2D eigenvalue weighted by atomic mass is 16.5. The highest BCUT2D eigenvalue weighted by molar-refractivity contribution is 5.69. The molecule has 0 aromatic rings. The molecule has 1 fully saturated rings. The molecule has 0 radical (unpaired) electrons. The standard InChI is InChI=1S/C10H19NO3/c1-14-10(13)5-3-7-11-6-2-4-9(12)8-11/h9,12H,2-8H2,1H3/t9-/m0/s1. The lowest BCUT2D eigenvalue weighted by atomic mass is 10.1. The summed E-state index contributed by atoms with van der Waals surface area (Å²) in [6, 6.07) is 0. The van der Waals surface area contributed by atoms with Gasteiger partial charge in [0.25, 0.3) is 0 Å². The predicted octanol–water partition coefficient (Wildman–Crippen LogP) is 0.396. The number of hydrogen-bond donors (Lipinski definition) is 1. The molecule has 0 aromatic heterocycles. The molecule has 82 valence electrons. The van der Waals surface area contributed by atoms with Gasteiger partial charge in [-0.15, -0.1) is 0 Å². The average molecular weight is 201 g/mol. The lowest BCUT2D eigenvalue weighted by Crippen LogP contribution is -2.38. The van der Waals surface area contributed by atoms with Crippen molar-refractivity contribution in [3.8, 4) is 0 Å². The van der Waals surface area contributed by atoms with Crippen LogP contribution in [0.4, 0.5) is 0 Å². The summed E-state index contributed by atoms with van der Waals surface area (Å²) in [6.07, 6.45) is 3.08. The number of esters is 1. The van der Waals surface area contributed by atoms with Crippen LogP contribution in [0.2, 0.25) is 0 Å². The zero-order valence-electron chi connectivity index (χ0n) is 8.74. The fourth-order valence-electron chi connectivity index (χ4n) is 1.78. The molecule has 1 N–H and O–H groups in total. The Hall–Kier alpha value is -0.610. The third kappa shape index (κ3) is 4.07. The maximum absolute atomic E-state index is 10.8. The van der Waals surface area contributed by atoms with E-state index in [9.17, 15) is 9.90 Å². The first kappa shape index (κ1) is 11.5. The third-order valence-electron chi connectivity index (χ3n) is 2.56. The summed E-state index contributed by atoms with van der Waals surface area (Å²) < 4.78 is 4.55. The molecule has 0 aliphatic carbocycles. The molecule has 1 aliphatic heterocycles. The van der Waals surface area contributed by atoms with Crippen molar-refractivity contribution in [1.29, 1.82) is 0 Å². The zero-order valence-corrected chi connectivity index (χ0v) is 8.74. The van der Waals surface area contributed by atoms with Crippen LogP contribution in [0.25, 0.3) is 0 Å². The first-order valence-corrected chi connectivity index (χ1v) is 5.19. The van der Waals surface area contributed by atoms with Crippen molar-refractivity contribution < 1.29 is 14.6 Å². The Kier molecular flexibility index (Phi) is 4.90. The Morgan fingerprint density at radius 2 is 2.43 bits per heavy atom. The SMILES string of the molecule is COC(=O)CCCN1CCC[C@H](O)C1. The second kappa shape index (κ2) is 5.98. The van der Waals surface area contributed by atoms with E-state index in [0.29, 0.717) is 6.42 Å². The number of carbonyl (C=O) groups is 1. The van der Waals surface area contributed by atoms with E-state index in [1.165, 1.54) is 7.11 Å². The maximum Gasteiger partial charge on any atom is 0.305 e. The van der Waals surface area contributed by atoms with Gasteiger partial charge in [0.1, 0.15) is 0 Å². The van der Waals surface area contributed by atoms with Gasteiger partial charge in [-0.1, -0.05) is 0 Å². The normalized spacial score (nSPS) is 23.4. The summed E-state index contributed by atoms with van der Waals surface area (Å²) in [7, 11) is 1.41. The van der Waals surface area contributed by atoms with Gasteiger partial charge in [0.05, 0.1) is 13.2 Å². The van der Waals surface area contributed by atoms with Gasteiger partial charge >= 0.3 is 5.97 Å². The molecule has 1 aliphatic rings. The van der Waals surface area contributed by atoms with Crippen molar-refractivity contribution in [3.63, 3.8) is 0 Å². The summed E-state index contributed by atoms with van der Waals surface area (Å²) in [5.74, 6) is -0.150. The van der Waals surface area contributed by atoms with Gasteiger partial charge in [0, 0.05) is 13.0 Å². The van der Waals surface area contributed by atoms with Crippen LogP contribution in [-0.2, 0) is 9.53 Å². The van der Waals surface area contributed by atoms with Crippen molar-refractivity contribution in [1.82, 2.24) is 4.90 Å². The smallest absolute Gasteiger partial charge is 0.305 e. The van der Waals surface area contributed by atoms with E-state index in [0.717, 1.165) is 38.9 Å². The predicted molar refractivity (Wildman–Crippen MR) is 52.9 cm³/mol. The lowest BCUT2D eigenvalue weighted by Gasteiger charge is -2.29. The topological polar surface area (TPSA) is 49.8 Å². The first-order chi connectivity index (χ1) is 6.72. The first-order valence-electron chi connectivity index (χ1n) is 5.19. The summed E-state index contributed by atoms with van der Waals surface area (Å²) in [6.45, 7) is 2.67. The number of β-amino-alcohol motifs (C(OH)–C–C–N with tert-alkyl or cyclic N) is 1. The minimum absolute atomic E-state index is 0.150. The molecule has 0 bridgehead atoms. The Labute approximate surface area is 84.8 Å². The summed E-state index contributed by atoms with van der Waals surface area (Å²) in [5, 5.41) is 9.40. The molecule has 0 spiro atoms. The number of rotatable bonds is 4. The van der Waals surface area contributed by atoms with Crippen LogP contribution in [0, 0.1) is 0 Å². The average Bonchev–Trinajstić information content (AvgIpc) is 2.17. The van der Waals surface area contributed by atoms with E-state index < -0.39 is 0 Å². The molecule has 1 heterocycles. The van der Waals surface area contributed by atoms with Gasteiger partial charge in [-0.05, 0) is 32.4 Å². The summed E-state index contributed by atoms with van der Waals surface area (Å²) in [4.78, 5) is 13.0. The Bertz CT molecular complexity index is 184. The number of nitrogens with zero attached hydrogens (tertiary/aromatic N) is 1. The number of carbonyl (C=O) groups excluding carboxylic acids is 1.